The lowest BCUT2D eigenvalue weighted by Gasteiger charge is -2.19. The minimum Gasteiger partial charge on any atom is -0.438 e. The second-order valence-electron chi connectivity index (χ2n) is 7.98. The molecule has 0 aliphatic carbocycles. The van der Waals surface area contributed by atoms with Gasteiger partial charge in [-0.1, -0.05) is 32.9 Å². The first-order valence-corrected chi connectivity index (χ1v) is 9.48. The Bertz CT molecular complexity index is 961. The van der Waals surface area contributed by atoms with Crippen LogP contribution in [0.5, 0.6) is 11.6 Å². The van der Waals surface area contributed by atoms with Crippen LogP contribution in [-0.4, -0.2) is 38.8 Å². The highest BCUT2D eigenvalue weighted by Crippen LogP contribution is 2.32. The summed E-state index contributed by atoms with van der Waals surface area (Å²) in [6, 6.07) is 11.0. The van der Waals surface area contributed by atoms with Gasteiger partial charge in [0.2, 0.25) is 5.88 Å². The number of carbonyl (C=O) groups is 1. The molecule has 7 heteroatoms. The van der Waals surface area contributed by atoms with Crippen LogP contribution in [0.3, 0.4) is 0 Å². The quantitative estimate of drug-likeness (QED) is 0.592. The number of benzene rings is 1. The van der Waals surface area contributed by atoms with E-state index in [0.29, 0.717) is 28.5 Å². The van der Waals surface area contributed by atoms with E-state index in [1.165, 1.54) is 11.8 Å². The SMILES string of the molecule is CC(CO)NC(=O)c1cnc(Oc2ccc(C(C)(C)C)cc2)c(-c2ccn[nH]2)c1. The Morgan fingerprint density at radius 3 is 2.55 bits per heavy atom. The molecule has 0 aliphatic rings. The molecule has 3 aromatic rings. The highest BCUT2D eigenvalue weighted by atomic mass is 16.5. The zero-order chi connectivity index (χ0) is 21.0. The molecule has 1 atom stereocenters. The van der Waals surface area contributed by atoms with Crippen molar-refractivity contribution in [2.24, 2.45) is 0 Å². The third-order valence-electron chi connectivity index (χ3n) is 4.49. The summed E-state index contributed by atoms with van der Waals surface area (Å²) in [4.78, 5) is 16.8. The van der Waals surface area contributed by atoms with Crippen molar-refractivity contribution < 1.29 is 14.6 Å². The monoisotopic (exact) mass is 394 g/mol. The van der Waals surface area contributed by atoms with Crippen molar-refractivity contribution in [3.8, 4) is 22.9 Å². The van der Waals surface area contributed by atoms with Crippen LogP contribution in [0.25, 0.3) is 11.3 Å². The van der Waals surface area contributed by atoms with E-state index >= 15 is 0 Å². The third-order valence-corrected chi connectivity index (χ3v) is 4.49. The lowest BCUT2D eigenvalue weighted by Crippen LogP contribution is -2.35. The summed E-state index contributed by atoms with van der Waals surface area (Å²) in [7, 11) is 0. The van der Waals surface area contributed by atoms with Crippen LogP contribution in [0.15, 0.2) is 48.8 Å². The molecule has 0 spiro atoms. The van der Waals surface area contributed by atoms with Gasteiger partial charge in [0.25, 0.3) is 5.91 Å². The van der Waals surface area contributed by atoms with Gasteiger partial charge in [0.05, 0.1) is 23.4 Å². The van der Waals surface area contributed by atoms with Gasteiger partial charge in [0, 0.05) is 18.4 Å². The Balaban J connectivity index is 1.91. The predicted molar refractivity (Wildman–Crippen MR) is 111 cm³/mol. The molecular formula is C22H26N4O3. The number of hydrogen-bond acceptors (Lipinski definition) is 5. The molecule has 0 radical (unpaired) electrons. The molecule has 0 saturated heterocycles. The normalized spacial score (nSPS) is 12.4. The van der Waals surface area contributed by atoms with Crippen molar-refractivity contribution in [2.45, 2.75) is 39.2 Å². The van der Waals surface area contributed by atoms with Crippen molar-refractivity contribution in [1.29, 1.82) is 0 Å². The standard InChI is InChI=1S/C22H26N4O3/c1-14(13-27)25-20(28)15-11-18(19-9-10-24-26-19)21(23-12-15)29-17-7-5-16(6-8-17)22(2,3)4/h5-12,14,27H,13H2,1-4H3,(H,24,26)(H,25,28). The van der Waals surface area contributed by atoms with Crippen LogP contribution in [0.1, 0.15) is 43.6 Å². The van der Waals surface area contributed by atoms with Crippen molar-refractivity contribution >= 4 is 5.91 Å². The minimum absolute atomic E-state index is 0.0541. The number of hydrogen-bond donors (Lipinski definition) is 3. The molecule has 152 valence electrons. The van der Waals surface area contributed by atoms with E-state index in [1.807, 2.05) is 24.3 Å². The van der Waals surface area contributed by atoms with E-state index in [0.717, 1.165) is 0 Å². The lowest BCUT2D eigenvalue weighted by molar-refractivity contribution is 0.0922. The molecule has 29 heavy (non-hydrogen) atoms. The summed E-state index contributed by atoms with van der Waals surface area (Å²) < 4.78 is 6.01. The largest absolute Gasteiger partial charge is 0.438 e. The number of aliphatic hydroxyl groups is 1. The maximum atomic E-state index is 12.4. The maximum Gasteiger partial charge on any atom is 0.253 e. The zero-order valence-electron chi connectivity index (χ0n) is 17.1. The number of aliphatic hydroxyl groups excluding tert-OH is 1. The van der Waals surface area contributed by atoms with Gasteiger partial charge in [-0.25, -0.2) is 4.98 Å². The number of amides is 1. The van der Waals surface area contributed by atoms with Gasteiger partial charge in [0.15, 0.2) is 0 Å². The summed E-state index contributed by atoms with van der Waals surface area (Å²) in [5, 5.41) is 18.7. The Kier molecular flexibility index (Phi) is 5.98. The first kappa shape index (κ1) is 20.5. The van der Waals surface area contributed by atoms with Gasteiger partial charge < -0.3 is 15.2 Å². The number of aromatic amines is 1. The molecular weight excluding hydrogens is 368 g/mol. The number of carbonyl (C=O) groups excluding carboxylic acids is 1. The molecule has 3 rings (SSSR count). The summed E-state index contributed by atoms with van der Waals surface area (Å²) in [5.74, 6) is 0.697. The molecule has 1 unspecified atom stereocenters. The second-order valence-corrected chi connectivity index (χ2v) is 7.98. The minimum atomic E-state index is -0.352. The topological polar surface area (TPSA) is 100 Å². The number of H-pyrrole nitrogens is 1. The van der Waals surface area contributed by atoms with Gasteiger partial charge in [-0.15, -0.1) is 0 Å². The molecule has 7 nitrogen and oxygen atoms in total. The number of rotatable bonds is 6. The molecule has 0 saturated carbocycles. The Labute approximate surface area is 170 Å². The van der Waals surface area contributed by atoms with Gasteiger partial charge in [-0.3, -0.25) is 9.89 Å². The van der Waals surface area contributed by atoms with Crippen LogP contribution < -0.4 is 10.1 Å². The Hall–Kier alpha value is -3.19. The Morgan fingerprint density at radius 1 is 1.24 bits per heavy atom. The highest BCUT2D eigenvalue weighted by Gasteiger charge is 2.17. The van der Waals surface area contributed by atoms with E-state index in [1.54, 1.807) is 25.3 Å². The van der Waals surface area contributed by atoms with E-state index in [9.17, 15) is 4.79 Å². The van der Waals surface area contributed by atoms with E-state index in [-0.39, 0.29) is 24.0 Å². The molecule has 1 aromatic carbocycles. The summed E-state index contributed by atoms with van der Waals surface area (Å²) in [5.41, 5.74) is 2.93. The molecule has 2 aromatic heterocycles. The van der Waals surface area contributed by atoms with E-state index < -0.39 is 0 Å². The van der Waals surface area contributed by atoms with Gasteiger partial charge in [0.1, 0.15) is 5.75 Å². The number of nitrogens with zero attached hydrogens (tertiary/aromatic N) is 2. The lowest BCUT2D eigenvalue weighted by atomic mass is 9.87. The first-order chi connectivity index (χ1) is 13.8. The van der Waals surface area contributed by atoms with E-state index in [2.05, 4.69) is 41.3 Å². The van der Waals surface area contributed by atoms with Gasteiger partial charge in [-0.05, 0) is 42.2 Å². The fraction of sp³-hybridized carbons (Fsp3) is 0.318. The fourth-order valence-electron chi connectivity index (χ4n) is 2.74. The van der Waals surface area contributed by atoms with Crippen molar-refractivity contribution in [3.05, 3.63) is 59.9 Å². The average Bonchev–Trinajstić information content (AvgIpc) is 3.22. The van der Waals surface area contributed by atoms with Crippen molar-refractivity contribution in [2.75, 3.05) is 6.61 Å². The molecule has 0 aliphatic heterocycles. The van der Waals surface area contributed by atoms with Gasteiger partial charge >= 0.3 is 0 Å². The van der Waals surface area contributed by atoms with E-state index in [4.69, 9.17) is 9.84 Å². The number of nitrogens with one attached hydrogen (secondary N) is 2. The second kappa shape index (κ2) is 8.45. The highest BCUT2D eigenvalue weighted by molar-refractivity contribution is 5.95. The summed E-state index contributed by atoms with van der Waals surface area (Å²) in [6.45, 7) is 8.05. The van der Waals surface area contributed by atoms with Crippen LogP contribution in [-0.2, 0) is 5.41 Å². The smallest absolute Gasteiger partial charge is 0.253 e. The third kappa shape index (κ3) is 5.00. The molecule has 0 fully saturated rings. The Morgan fingerprint density at radius 2 is 1.97 bits per heavy atom. The fourth-order valence-corrected chi connectivity index (χ4v) is 2.74. The molecule has 3 N–H and O–H groups in total. The summed E-state index contributed by atoms with van der Waals surface area (Å²) in [6.07, 6.45) is 3.08. The average molecular weight is 394 g/mol. The summed E-state index contributed by atoms with van der Waals surface area (Å²) >= 11 is 0. The van der Waals surface area contributed by atoms with Crippen molar-refractivity contribution in [3.63, 3.8) is 0 Å². The molecule has 1 amide bonds. The van der Waals surface area contributed by atoms with Crippen molar-refractivity contribution in [1.82, 2.24) is 20.5 Å². The number of pyridine rings is 1. The number of ether oxygens (including phenoxy) is 1. The zero-order valence-corrected chi connectivity index (χ0v) is 17.1. The first-order valence-electron chi connectivity index (χ1n) is 9.48. The van der Waals surface area contributed by atoms with Gasteiger partial charge in [-0.2, -0.15) is 5.10 Å². The number of aromatic nitrogens is 3. The van der Waals surface area contributed by atoms with Crippen LogP contribution in [0, 0.1) is 0 Å². The van der Waals surface area contributed by atoms with Crippen LogP contribution in [0.2, 0.25) is 0 Å². The molecule has 0 bridgehead atoms. The predicted octanol–water partition coefficient (Wildman–Crippen LogP) is 3.67. The van der Waals surface area contributed by atoms with Crippen LogP contribution >= 0.6 is 0 Å². The molecule has 2 heterocycles. The van der Waals surface area contributed by atoms with Crippen LogP contribution in [0.4, 0.5) is 0 Å². The maximum absolute atomic E-state index is 12.4.